The van der Waals surface area contributed by atoms with Crippen LogP contribution in [0.25, 0.3) is 0 Å². The van der Waals surface area contributed by atoms with Crippen LogP contribution in [0.3, 0.4) is 0 Å². The van der Waals surface area contributed by atoms with Crippen molar-refractivity contribution in [3.8, 4) is 0 Å². The van der Waals surface area contributed by atoms with Crippen LogP contribution in [0.2, 0.25) is 0 Å². The van der Waals surface area contributed by atoms with E-state index in [-0.39, 0.29) is 24.1 Å². The molecule has 0 saturated carbocycles. The van der Waals surface area contributed by atoms with Crippen molar-refractivity contribution >= 4 is 18.3 Å². The number of nitrogens with two attached hydrogens (primary N) is 1. The molecule has 1 aliphatic heterocycles. The molecule has 2 N–H and O–H groups in total. The number of hydrogen-bond donors (Lipinski definition) is 1. The molecular formula is C18H28ClFN2O2. The molecule has 1 saturated heterocycles. The summed E-state index contributed by atoms with van der Waals surface area (Å²) in [5, 5.41) is 0. The second kappa shape index (κ2) is 9.97. The number of halogens is 2. The lowest BCUT2D eigenvalue weighted by Gasteiger charge is -2.39. The van der Waals surface area contributed by atoms with Crippen LogP contribution in [-0.4, -0.2) is 43.7 Å². The first-order chi connectivity index (χ1) is 11.1. The number of nitrogens with zero attached hydrogens (tertiary/aromatic N) is 1. The maximum atomic E-state index is 13.3. The third kappa shape index (κ3) is 5.16. The van der Waals surface area contributed by atoms with Gasteiger partial charge in [-0.15, -0.1) is 12.4 Å². The van der Waals surface area contributed by atoms with Crippen LogP contribution >= 0.6 is 12.4 Å². The van der Waals surface area contributed by atoms with Crippen molar-refractivity contribution in [3.63, 3.8) is 0 Å². The predicted octanol–water partition coefficient (Wildman–Crippen LogP) is 2.78. The standard InChI is InChI=1S/C18H27FN2O2.ClH/c1-2-9-21(10-6-15-4-3-5-16(19)13-15)17(22)18(14-20)7-11-23-12-8-18;/h3-5,13H,2,6-12,14,20H2,1H3;1H. The molecule has 1 aromatic rings. The summed E-state index contributed by atoms with van der Waals surface area (Å²) >= 11 is 0. The summed E-state index contributed by atoms with van der Waals surface area (Å²) in [6, 6.07) is 6.56. The smallest absolute Gasteiger partial charge is 0.230 e. The van der Waals surface area contributed by atoms with Crippen molar-refractivity contribution in [2.24, 2.45) is 11.1 Å². The highest BCUT2D eigenvalue weighted by Crippen LogP contribution is 2.31. The molecule has 2 rings (SSSR count). The summed E-state index contributed by atoms with van der Waals surface area (Å²) in [4.78, 5) is 14.9. The third-order valence-corrected chi connectivity index (χ3v) is 4.63. The van der Waals surface area contributed by atoms with Gasteiger partial charge in [0.25, 0.3) is 0 Å². The van der Waals surface area contributed by atoms with Crippen molar-refractivity contribution in [1.82, 2.24) is 4.90 Å². The van der Waals surface area contributed by atoms with Gasteiger partial charge in [-0.25, -0.2) is 4.39 Å². The third-order valence-electron chi connectivity index (χ3n) is 4.63. The fraction of sp³-hybridized carbons (Fsp3) is 0.611. The summed E-state index contributed by atoms with van der Waals surface area (Å²) in [5.74, 6) is -0.111. The van der Waals surface area contributed by atoms with Crippen LogP contribution in [0.1, 0.15) is 31.7 Å². The highest BCUT2D eigenvalue weighted by Gasteiger charge is 2.41. The van der Waals surface area contributed by atoms with Crippen LogP contribution in [0, 0.1) is 11.2 Å². The van der Waals surface area contributed by atoms with Gasteiger partial charge in [0.1, 0.15) is 5.82 Å². The number of ether oxygens (including phenoxy) is 1. The van der Waals surface area contributed by atoms with Gasteiger partial charge in [0.15, 0.2) is 0 Å². The topological polar surface area (TPSA) is 55.6 Å². The molecule has 4 nitrogen and oxygen atoms in total. The van der Waals surface area contributed by atoms with E-state index in [1.807, 2.05) is 11.0 Å². The van der Waals surface area contributed by atoms with Gasteiger partial charge in [0.2, 0.25) is 5.91 Å². The molecule has 0 unspecified atom stereocenters. The second-order valence-corrected chi connectivity index (χ2v) is 6.27. The number of hydrogen-bond acceptors (Lipinski definition) is 3. The predicted molar refractivity (Wildman–Crippen MR) is 95.8 cm³/mol. The largest absolute Gasteiger partial charge is 0.381 e. The van der Waals surface area contributed by atoms with Crippen molar-refractivity contribution in [3.05, 3.63) is 35.6 Å². The molecule has 1 fully saturated rings. The molecule has 136 valence electrons. The first-order valence-electron chi connectivity index (χ1n) is 8.43. The highest BCUT2D eigenvalue weighted by molar-refractivity contribution is 5.85. The van der Waals surface area contributed by atoms with E-state index in [1.165, 1.54) is 12.1 Å². The van der Waals surface area contributed by atoms with Crippen LogP contribution in [-0.2, 0) is 16.0 Å². The molecule has 24 heavy (non-hydrogen) atoms. The Bertz CT molecular complexity index is 521. The summed E-state index contributed by atoms with van der Waals surface area (Å²) in [6.45, 7) is 4.89. The Morgan fingerprint density at radius 2 is 2.04 bits per heavy atom. The van der Waals surface area contributed by atoms with Crippen molar-refractivity contribution < 1.29 is 13.9 Å². The normalized spacial score (nSPS) is 16.3. The molecule has 0 atom stereocenters. The van der Waals surface area contributed by atoms with Crippen LogP contribution in [0.15, 0.2) is 24.3 Å². The second-order valence-electron chi connectivity index (χ2n) is 6.27. The first-order valence-corrected chi connectivity index (χ1v) is 8.43. The van der Waals surface area contributed by atoms with Gasteiger partial charge in [-0.2, -0.15) is 0 Å². The van der Waals surface area contributed by atoms with Crippen molar-refractivity contribution in [2.75, 3.05) is 32.8 Å². The number of carbonyl (C=O) groups is 1. The molecule has 1 amide bonds. The van der Waals surface area contributed by atoms with E-state index < -0.39 is 5.41 Å². The Morgan fingerprint density at radius 1 is 1.33 bits per heavy atom. The van der Waals surface area contributed by atoms with E-state index in [9.17, 15) is 9.18 Å². The molecule has 1 aromatic carbocycles. The lowest BCUT2D eigenvalue weighted by Crippen LogP contribution is -2.51. The maximum Gasteiger partial charge on any atom is 0.230 e. The van der Waals surface area contributed by atoms with E-state index in [0.29, 0.717) is 52.1 Å². The van der Waals surface area contributed by atoms with Crippen LogP contribution < -0.4 is 5.73 Å². The fourth-order valence-electron chi connectivity index (χ4n) is 3.14. The zero-order valence-electron chi connectivity index (χ0n) is 14.3. The molecule has 6 heteroatoms. The highest BCUT2D eigenvalue weighted by atomic mass is 35.5. The molecule has 0 radical (unpaired) electrons. The minimum atomic E-state index is -0.491. The fourth-order valence-corrected chi connectivity index (χ4v) is 3.14. The molecule has 0 bridgehead atoms. The van der Waals surface area contributed by atoms with Gasteiger partial charge in [-0.1, -0.05) is 19.1 Å². The van der Waals surface area contributed by atoms with E-state index in [0.717, 1.165) is 12.0 Å². The number of rotatable bonds is 7. The van der Waals surface area contributed by atoms with E-state index in [1.54, 1.807) is 6.07 Å². The molecule has 1 aliphatic rings. The quantitative estimate of drug-likeness (QED) is 0.815. The minimum Gasteiger partial charge on any atom is -0.381 e. The number of amides is 1. The van der Waals surface area contributed by atoms with Gasteiger partial charge in [0, 0.05) is 32.8 Å². The average molecular weight is 359 g/mol. The van der Waals surface area contributed by atoms with E-state index in [2.05, 4.69) is 6.92 Å². The first kappa shape index (κ1) is 20.9. The zero-order valence-corrected chi connectivity index (χ0v) is 15.1. The summed E-state index contributed by atoms with van der Waals surface area (Å²) < 4.78 is 18.7. The Balaban J connectivity index is 0.00000288. The van der Waals surface area contributed by atoms with Crippen LogP contribution in [0.5, 0.6) is 0 Å². The molecule has 0 aliphatic carbocycles. The van der Waals surface area contributed by atoms with Crippen molar-refractivity contribution in [2.45, 2.75) is 32.6 Å². The lowest BCUT2D eigenvalue weighted by atomic mass is 9.78. The Labute approximate surface area is 149 Å². The van der Waals surface area contributed by atoms with Crippen LogP contribution in [0.4, 0.5) is 4.39 Å². The van der Waals surface area contributed by atoms with Gasteiger partial charge < -0.3 is 15.4 Å². The van der Waals surface area contributed by atoms with E-state index >= 15 is 0 Å². The SMILES string of the molecule is CCCN(CCc1cccc(F)c1)C(=O)C1(CN)CCOCC1.Cl. The monoisotopic (exact) mass is 358 g/mol. The molecular weight excluding hydrogens is 331 g/mol. The van der Waals surface area contributed by atoms with Crippen molar-refractivity contribution in [1.29, 1.82) is 0 Å². The average Bonchev–Trinajstić information content (AvgIpc) is 2.58. The Kier molecular flexibility index (Phi) is 8.67. The summed E-state index contributed by atoms with van der Waals surface area (Å²) in [5.41, 5.74) is 6.37. The Hall–Kier alpha value is -1.17. The van der Waals surface area contributed by atoms with Gasteiger partial charge in [-0.05, 0) is 43.4 Å². The maximum absolute atomic E-state index is 13.3. The summed E-state index contributed by atoms with van der Waals surface area (Å²) in [6.07, 6.45) is 2.91. The summed E-state index contributed by atoms with van der Waals surface area (Å²) in [7, 11) is 0. The molecule has 0 spiro atoms. The minimum absolute atomic E-state index is 0. The number of benzene rings is 1. The Morgan fingerprint density at radius 3 is 2.62 bits per heavy atom. The van der Waals surface area contributed by atoms with E-state index in [4.69, 9.17) is 10.5 Å². The molecule has 1 heterocycles. The van der Waals surface area contributed by atoms with Gasteiger partial charge in [0.05, 0.1) is 5.41 Å². The molecule has 0 aromatic heterocycles. The lowest BCUT2D eigenvalue weighted by molar-refractivity contribution is -0.147. The van der Waals surface area contributed by atoms with Gasteiger partial charge >= 0.3 is 0 Å². The zero-order chi connectivity index (χ0) is 16.7. The number of carbonyl (C=O) groups excluding carboxylic acids is 1. The van der Waals surface area contributed by atoms with Gasteiger partial charge in [-0.3, -0.25) is 4.79 Å².